The van der Waals surface area contributed by atoms with Gasteiger partial charge in [0.2, 0.25) is 0 Å². The van der Waals surface area contributed by atoms with Gasteiger partial charge in [-0.05, 0) is 26.7 Å². The van der Waals surface area contributed by atoms with Crippen LogP contribution < -0.4 is 5.73 Å². The number of aryl methyl sites for hydroxylation is 1. The zero-order valence-electron chi connectivity index (χ0n) is 11.4. The molecule has 0 atom stereocenters. The molecule has 0 saturated heterocycles. The Labute approximate surface area is 120 Å². The SMILES string of the molecule is CCOC(=O)c1nc(C)n(-c2nc(C3CC3)cs2)c1N. The van der Waals surface area contributed by atoms with Crippen LogP contribution in [0.15, 0.2) is 5.38 Å². The standard InChI is InChI=1S/C13H16N4O2S/c1-3-19-12(18)10-11(14)17(7(2)15-10)13-16-9(6-20-13)8-4-5-8/h6,8H,3-5,14H2,1-2H3. The minimum atomic E-state index is -0.495. The first kappa shape index (κ1) is 13.1. The zero-order chi connectivity index (χ0) is 14.3. The first-order chi connectivity index (χ1) is 9.61. The lowest BCUT2D eigenvalue weighted by Crippen LogP contribution is -2.09. The largest absolute Gasteiger partial charge is 0.461 e. The van der Waals surface area contributed by atoms with Gasteiger partial charge in [0.25, 0.3) is 0 Å². The van der Waals surface area contributed by atoms with E-state index in [1.165, 1.54) is 24.2 Å². The molecule has 1 aliphatic carbocycles. The molecule has 6 nitrogen and oxygen atoms in total. The molecule has 2 N–H and O–H groups in total. The van der Waals surface area contributed by atoms with E-state index in [9.17, 15) is 4.79 Å². The summed E-state index contributed by atoms with van der Waals surface area (Å²) >= 11 is 1.52. The monoisotopic (exact) mass is 292 g/mol. The number of carbonyl (C=O) groups is 1. The average Bonchev–Trinajstić information content (AvgIpc) is 3.08. The van der Waals surface area contributed by atoms with Gasteiger partial charge < -0.3 is 10.5 Å². The van der Waals surface area contributed by atoms with Crippen molar-refractivity contribution in [3.63, 3.8) is 0 Å². The van der Waals surface area contributed by atoms with Gasteiger partial charge in [0.1, 0.15) is 11.6 Å². The van der Waals surface area contributed by atoms with Crippen LogP contribution in [-0.4, -0.2) is 27.1 Å². The van der Waals surface area contributed by atoms with Crippen molar-refractivity contribution in [2.24, 2.45) is 0 Å². The molecule has 20 heavy (non-hydrogen) atoms. The van der Waals surface area contributed by atoms with Gasteiger partial charge in [-0.1, -0.05) is 0 Å². The van der Waals surface area contributed by atoms with Crippen LogP contribution in [-0.2, 0) is 4.74 Å². The molecule has 0 aromatic carbocycles. The van der Waals surface area contributed by atoms with Gasteiger partial charge in [0, 0.05) is 11.3 Å². The van der Waals surface area contributed by atoms with E-state index in [4.69, 9.17) is 10.5 Å². The molecular formula is C13H16N4O2S. The van der Waals surface area contributed by atoms with Crippen LogP contribution in [0.1, 0.15) is 47.7 Å². The van der Waals surface area contributed by atoms with Crippen molar-refractivity contribution in [1.82, 2.24) is 14.5 Å². The van der Waals surface area contributed by atoms with Crippen LogP contribution in [0.25, 0.3) is 5.13 Å². The van der Waals surface area contributed by atoms with Crippen LogP contribution >= 0.6 is 11.3 Å². The number of rotatable bonds is 4. The third-order valence-electron chi connectivity index (χ3n) is 3.25. The summed E-state index contributed by atoms with van der Waals surface area (Å²) < 4.78 is 6.67. The summed E-state index contributed by atoms with van der Waals surface area (Å²) in [6, 6.07) is 0. The number of imidazole rings is 1. The van der Waals surface area contributed by atoms with Gasteiger partial charge >= 0.3 is 5.97 Å². The lowest BCUT2D eigenvalue weighted by Gasteiger charge is -2.03. The fraction of sp³-hybridized carbons (Fsp3) is 0.462. The number of nitrogen functional groups attached to an aromatic ring is 1. The van der Waals surface area contributed by atoms with Crippen molar-refractivity contribution in [1.29, 1.82) is 0 Å². The topological polar surface area (TPSA) is 83.0 Å². The van der Waals surface area contributed by atoms with E-state index in [-0.39, 0.29) is 11.5 Å². The van der Waals surface area contributed by atoms with Crippen LogP contribution in [0, 0.1) is 6.92 Å². The maximum atomic E-state index is 11.8. The summed E-state index contributed by atoms with van der Waals surface area (Å²) in [4.78, 5) is 20.6. The van der Waals surface area contributed by atoms with Gasteiger partial charge in [-0.25, -0.2) is 14.8 Å². The van der Waals surface area contributed by atoms with E-state index in [0.29, 0.717) is 18.3 Å². The molecule has 1 aliphatic rings. The summed E-state index contributed by atoms with van der Waals surface area (Å²) in [5.74, 6) is 1.03. The average molecular weight is 292 g/mol. The Morgan fingerprint density at radius 3 is 2.95 bits per heavy atom. The molecule has 1 saturated carbocycles. The lowest BCUT2D eigenvalue weighted by atomic mass is 10.3. The van der Waals surface area contributed by atoms with Gasteiger partial charge in [0.05, 0.1) is 12.3 Å². The lowest BCUT2D eigenvalue weighted by molar-refractivity contribution is 0.0521. The Kier molecular flexibility index (Phi) is 3.21. The van der Waals surface area contributed by atoms with Gasteiger partial charge in [-0.3, -0.25) is 4.57 Å². The number of esters is 1. The van der Waals surface area contributed by atoms with Crippen molar-refractivity contribution >= 4 is 23.1 Å². The molecule has 2 aromatic rings. The Morgan fingerprint density at radius 2 is 2.30 bits per heavy atom. The predicted molar refractivity (Wildman–Crippen MR) is 76.3 cm³/mol. The fourth-order valence-corrected chi connectivity index (χ4v) is 3.05. The molecular weight excluding hydrogens is 276 g/mol. The summed E-state index contributed by atoms with van der Waals surface area (Å²) in [6.45, 7) is 3.85. The fourth-order valence-electron chi connectivity index (χ4n) is 2.09. The first-order valence-electron chi connectivity index (χ1n) is 6.59. The van der Waals surface area contributed by atoms with Crippen molar-refractivity contribution in [3.05, 3.63) is 22.6 Å². The van der Waals surface area contributed by atoms with E-state index in [1.807, 2.05) is 0 Å². The number of hydrogen-bond acceptors (Lipinski definition) is 6. The minimum absolute atomic E-state index is 0.160. The molecule has 0 aliphatic heterocycles. The second-order valence-electron chi connectivity index (χ2n) is 4.78. The maximum absolute atomic E-state index is 11.8. The molecule has 106 valence electrons. The second-order valence-corrected chi connectivity index (χ2v) is 5.61. The van der Waals surface area contributed by atoms with Gasteiger partial charge in [-0.15, -0.1) is 11.3 Å². The van der Waals surface area contributed by atoms with Crippen LogP contribution in [0.4, 0.5) is 5.82 Å². The number of hydrogen-bond donors (Lipinski definition) is 1. The second kappa shape index (κ2) is 4.90. The van der Waals surface area contributed by atoms with Crippen molar-refractivity contribution in [3.8, 4) is 5.13 Å². The number of thiazole rings is 1. The highest BCUT2D eigenvalue weighted by Gasteiger charge is 2.27. The van der Waals surface area contributed by atoms with E-state index in [2.05, 4.69) is 15.3 Å². The molecule has 0 bridgehead atoms. The molecule has 2 heterocycles. The Bertz CT molecular complexity index is 657. The summed E-state index contributed by atoms with van der Waals surface area (Å²) in [5.41, 5.74) is 7.30. The highest BCUT2D eigenvalue weighted by Crippen LogP contribution is 2.41. The molecule has 3 rings (SSSR count). The highest BCUT2D eigenvalue weighted by molar-refractivity contribution is 7.12. The summed E-state index contributed by atoms with van der Waals surface area (Å²) in [6.07, 6.45) is 2.41. The molecule has 7 heteroatoms. The van der Waals surface area contributed by atoms with Crippen molar-refractivity contribution < 1.29 is 9.53 Å². The third kappa shape index (κ3) is 2.18. The number of aromatic nitrogens is 3. The number of carbonyl (C=O) groups excluding carboxylic acids is 1. The van der Waals surface area contributed by atoms with E-state index < -0.39 is 5.97 Å². The van der Waals surface area contributed by atoms with E-state index in [0.717, 1.165) is 10.8 Å². The van der Waals surface area contributed by atoms with Crippen LogP contribution in [0.2, 0.25) is 0 Å². The normalized spacial score (nSPS) is 14.5. The summed E-state index contributed by atoms with van der Waals surface area (Å²) in [7, 11) is 0. The first-order valence-corrected chi connectivity index (χ1v) is 7.47. The Balaban J connectivity index is 1.97. The Morgan fingerprint density at radius 1 is 1.55 bits per heavy atom. The molecule has 2 aromatic heterocycles. The van der Waals surface area contributed by atoms with Crippen molar-refractivity contribution in [2.75, 3.05) is 12.3 Å². The molecule has 0 spiro atoms. The van der Waals surface area contributed by atoms with Crippen molar-refractivity contribution in [2.45, 2.75) is 32.6 Å². The molecule has 0 amide bonds. The molecule has 0 unspecified atom stereocenters. The minimum Gasteiger partial charge on any atom is -0.461 e. The van der Waals surface area contributed by atoms with E-state index in [1.54, 1.807) is 18.4 Å². The smallest absolute Gasteiger partial charge is 0.360 e. The molecule has 0 radical (unpaired) electrons. The third-order valence-corrected chi connectivity index (χ3v) is 4.09. The Hall–Kier alpha value is -1.89. The quantitative estimate of drug-likeness (QED) is 0.874. The number of nitrogens with zero attached hydrogens (tertiary/aromatic N) is 3. The van der Waals surface area contributed by atoms with E-state index >= 15 is 0 Å². The highest BCUT2D eigenvalue weighted by atomic mass is 32.1. The predicted octanol–water partition coefficient (Wildman–Crippen LogP) is 2.27. The number of ether oxygens (including phenoxy) is 1. The molecule has 1 fully saturated rings. The maximum Gasteiger partial charge on any atom is 0.360 e. The zero-order valence-corrected chi connectivity index (χ0v) is 12.2. The number of nitrogens with two attached hydrogens (primary N) is 1. The van der Waals surface area contributed by atoms with Crippen LogP contribution in [0.5, 0.6) is 0 Å². The van der Waals surface area contributed by atoms with Gasteiger partial charge in [0.15, 0.2) is 10.8 Å². The van der Waals surface area contributed by atoms with Gasteiger partial charge in [-0.2, -0.15) is 0 Å². The van der Waals surface area contributed by atoms with Crippen LogP contribution in [0.3, 0.4) is 0 Å². The summed E-state index contributed by atoms with van der Waals surface area (Å²) in [5, 5.41) is 2.81. The number of anilines is 1.